The molecule has 1 saturated carbocycles. The Morgan fingerprint density at radius 2 is 1.76 bits per heavy atom. The van der Waals surface area contributed by atoms with Crippen LogP contribution in [0.1, 0.15) is 70.3 Å². The molecule has 1 aliphatic rings. The molecule has 138 valence electrons. The van der Waals surface area contributed by atoms with Crippen molar-refractivity contribution in [1.29, 1.82) is 0 Å². The minimum Gasteiger partial charge on any atom is -0.493 e. The number of hydrogen-bond donors (Lipinski definition) is 1. The molecule has 0 unspecified atom stereocenters. The molecule has 0 radical (unpaired) electrons. The Hall–Kier alpha value is -1.77. The molecule has 3 nitrogen and oxygen atoms in total. The molecule has 0 aliphatic heterocycles. The van der Waals surface area contributed by atoms with Crippen LogP contribution in [0.25, 0.3) is 6.08 Å². The monoisotopic (exact) mass is 344 g/mol. The number of rotatable bonds is 10. The summed E-state index contributed by atoms with van der Waals surface area (Å²) in [7, 11) is 0. The lowest BCUT2D eigenvalue weighted by molar-refractivity contribution is -0.131. The van der Waals surface area contributed by atoms with Crippen molar-refractivity contribution in [2.24, 2.45) is 11.8 Å². The summed E-state index contributed by atoms with van der Waals surface area (Å²) >= 11 is 0. The second-order valence-corrected chi connectivity index (χ2v) is 7.29. The molecule has 25 heavy (non-hydrogen) atoms. The quantitative estimate of drug-likeness (QED) is 0.422. The Labute approximate surface area is 152 Å². The van der Waals surface area contributed by atoms with Crippen molar-refractivity contribution < 1.29 is 14.6 Å². The van der Waals surface area contributed by atoms with Crippen molar-refractivity contribution in [3.63, 3.8) is 0 Å². The maximum absolute atomic E-state index is 10.5. The Kier molecular flexibility index (Phi) is 8.58. The first-order chi connectivity index (χ1) is 12.2. The first kappa shape index (κ1) is 19.6. The van der Waals surface area contributed by atoms with Crippen molar-refractivity contribution in [2.75, 3.05) is 6.61 Å². The topological polar surface area (TPSA) is 46.5 Å². The van der Waals surface area contributed by atoms with Gasteiger partial charge in [-0.3, -0.25) is 0 Å². The summed E-state index contributed by atoms with van der Waals surface area (Å²) in [6.45, 7) is 3.07. The third kappa shape index (κ3) is 7.76. The van der Waals surface area contributed by atoms with Gasteiger partial charge in [-0.1, -0.05) is 64.0 Å². The van der Waals surface area contributed by atoms with Gasteiger partial charge in [-0.05, 0) is 48.4 Å². The zero-order chi connectivity index (χ0) is 17.9. The summed E-state index contributed by atoms with van der Waals surface area (Å²) in [5.74, 6) is 1.56. The predicted molar refractivity (Wildman–Crippen MR) is 103 cm³/mol. The van der Waals surface area contributed by atoms with Crippen LogP contribution in [0.3, 0.4) is 0 Å². The Balaban J connectivity index is 1.64. The number of carboxylic acids is 1. The number of aliphatic carboxylic acids is 1. The zero-order valence-electron chi connectivity index (χ0n) is 15.5. The van der Waals surface area contributed by atoms with Crippen LogP contribution in [0.2, 0.25) is 0 Å². The van der Waals surface area contributed by atoms with E-state index in [2.05, 4.69) is 6.92 Å². The molecule has 0 heterocycles. The lowest BCUT2D eigenvalue weighted by Gasteiger charge is -2.28. The van der Waals surface area contributed by atoms with Crippen LogP contribution in [0.4, 0.5) is 0 Å². The number of ether oxygens (including phenoxy) is 1. The Morgan fingerprint density at radius 1 is 1.08 bits per heavy atom. The van der Waals surface area contributed by atoms with E-state index in [4.69, 9.17) is 9.84 Å². The normalized spacial score (nSPS) is 20.7. The maximum atomic E-state index is 10.5. The average Bonchev–Trinajstić information content (AvgIpc) is 2.63. The molecular formula is C22H32O3. The van der Waals surface area contributed by atoms with Gasteiger partial charge in [0.25, 0.3) is 0 Å². The van der Waals surface area contributed by atoms with Crippen LogP contribution < -0.4 is 4.74 Å². The zero-order valence-corrected chi connectivity index (χ0v) is 15.5. The molecule has 0 aromatic heterocycles. The lowest BCUT2D eigenvalue weighted by Crippen LogP contribution is -2.20. The smallest absolute Gasteiger partial charge is 0.328 e. The second-order valence-electron chi connectivity index (χ2n) is 7.29. The standard InChI is InChI=1S/C22H32O3/c1-2-3-4-5-6-18-7-9-20(10-8-18)17-25-21-14-11-19(12-15-21)13-16-22(23)24/h11-16,18,20H,2-10,17H2,1H3,(H,23,24). The van der Waals surface area contributed by atoms with E-state index in [1.807, 2.05) is 24.3 Å². The summed E-state index contributed by atoms with van der Waals surface area (Å²) in [5, 5.41) is 8.64. The van der Waals surface area contributed by atoms with Gasteiger partial charge in [0.2, 0.25) is 0 Å². The molecule has 1 N–H and O–H groups in total. The fourth-order valence-electron chi connectivity index (χ4n) is 3.60. The van der Waals surface area contributed by atoms with Gasteiger partial charge in [0.05, 0.1) is 6.61 Å². The summed E-state index contributed by atoms with van der Waals surface area (Å²) in [6.07, 6.45) is 15.0. The number of carbonyl (C=O) groups is 1. The SMILES string of the molecule is CCCCCCC1CCC(COc2ccc(C=CC(=O)O)cc2)CC1. The van der Waals surface area contributed by atoms with Crippen LogP contribution >= 0.6 is 0 Å². The predicted octanol–water partition coefficient (Wildman–Crippen LogP) is 5.94. The molecule has 1 fully saturated rings. The highest BCUT2D eigenvalue weighted by Gasteiger charge is 2.21. The summed E-state index contributed by atoms with van der Waals surface area (Å²) in [6, 6.07) is 7.62. The number of unbranched alkanes of at least 4 members (excludes halogenated alkanes) is 3. The van der Waals surface area contributed by atoms with E-state index in [0.29, 0.717) is 5.92 Å². The molecule has 0 bridgehead atoms. The van der Waals surface area contributed by atoms with E-state index in [1.54, 1.807) is 6.08 Å². The van der Waals surface area contributed by atoms with Gasteiger partial charge in [-0.2, -0.15) is 0 Å². The highest BCUT2D eigenvalue weighted by molar-refractivity contribution is 5.85. The Morgan fingerprint density at radius 3 is 2.40 bits per heavy atom. The molecule has 1 aliphatic carbocycles. The average molecular weight is 344 g/mol. The van der Waals surface area contributed by atoms with Crippen molar-refractivity contribution in [3.8, 4) is 5.75 Å². The Bertz CT molecular complexity index is 525. The number of hydrogen-bond acceptors (Lipinski definition) is 2. The minimum absolute atomic E-state index is 0.679. The van der Waals surface area contributed by atoms with Crippen molar-refractivity contribution in [1.82, 2.24) is 0 Å². The summed E-state index contributed by atoms with van der Waals surface area (Å²) < 4.78 is 5.93. The van der Waals surface area contributed by atoms with Gasteiger partial charge in [0, 0.05) is 6.08 Å². The minimum atomic E-state index is -0.929. The molecule has 0 saturated heterocycles. The third-order valence-electron chi connectivity index (χ3n) is 5.22. The first-order valence-electron chi connectivity index (χ1n) is 9.81. The molecule has 1 aromatic carbocycles. The van der Waals surface area contributed by atoms with E-state index < -0.39 is 5.97 Å². The molecule has 2 rings (SSSR count). The van der Waals surface area contributed by atoms with Crippen LogP contribution in [-0.2, 0) is 4.79 Å². The molecule has 0 spiro atoms. The number of benzene rings is 1. The molecule has 3 heteroatoms. The fraction of sp³-hybridized carbons (Fsp3) is 0.591. The van der Waals surface area contributed by atoms with Gasteiger partial charge in [0.15, 0.2) is 0 Å². The summed E-state index contributed by atoms with van der Waals surface area (Å²) in [4.78, 5) is 10.5. The van der Waals surface area contributed by atoms with Crippen LogP contribution in [0.15, 0.2) is 30.3 Å². The van der Waals surface area contributed by atoms with Gasteiger partial charge < -0.3 is 9.84 Å². The highest BCUT2D eigenvalue weighted by atomic mass is 16.5. The van der Waals surface area contributed by atoms with Crippen LogP contribution in [0.5, 0.6) is 5.75 Å². The summed E-state index contributed by atoms with van der Waals surface area (Å²) in [5.41, 5.74) is 0.873. The second kappa shape index (κ2) is 11.0. The van der Waals surface area contributed by atoms with Crippen molar-refractivity contribution in [3.05, 3.63) is 35.9 Å². The maximum Gasteiger partial charge on any atom is 0.328 e. The molecule has 0 amide bonds. The van der Waals surface area contributed by atoms with E-state index in [9.17, 15) is 4.79 Å². The fourth-order valence-corrected chi connectivity index (χ4v) is 3.60. The van der Waals surface area contributed by atoms with E-state index >= 15 is 0 Å². The van der Waals surface area contributed by atoms with Gasteiger partial charge in [0.1, 0.15) is 5.75 Å². The van der Waals surface area contributed by atoms with E-state index in [1.165, 1.54) is 57.8 Å². The third-order valence-corrected chi connectivity index (χ3v) is 5.22. The molecule has 1 aromatic rings. The molecule has 0 atom stereocenters. The van der Waals surface area contributed by atoms with Gasteiger partial charge in [-0.15, -0.1) is 0 Å². The van der Waals surface area contributed by atoms with Crippen LogP contribution in [0, 0.1) is 11.8 Å². The van der Waals surface area contributed by atoms with Crippen molar-refractivity contribution in [2.45, 2.75) is 64.7 Å². The van der Waals surface area contributed by atoms with Gasteiger partial charge in [-0.25, -0.2) is 4.79 Å². The largest absolute Gasteiger partial charge is 0.493 e. The number of carboxylic acid groups (broad SMARTS) is 1. The van der Waals surface area contributed by atoms with Crippen molar-refractivity contribution >= 4 is 12.0 Å². The van der Waals surface area contributed by atoms with Gasteiger partial charge >= 0.3 is 5.97 Å². The highest BCUT2D eigenvalue weighted by Crippen LogP contribution is 2.32. The molecular weight excluding hydrogens is 312 g/mol. The van der Waals surface area contributed by atoms with Crippen LogP contribution in [-0.4, -0.2) is 17.7 Å². The van der Waals surface area contributed by atoms with E-state index in [0.717, 1.165) is 29.9 Å². The lowest BCUT2D eigenvalue weighted by atomic mass is 9.80. The first-order valence-corrected chi connectivity index (χ1v) is 9.81. The van der Waals surface area contributed by atoms with E-state index in [-0.39, 0.29) is 0 Å².